The van der Waals surface area contributed by atoms with Crippen molar-refractivity contribution in [2.45, 2.75) is 18.6 Å². The average molecular weight is 397 g/mol. The Bertz CT molecular complexity index is 882. The van der Waals surface area contributed by atoms with Crippen molar-refractivity contribution in [3.05, 3.63) is 46.6 Å². The van der Waals surface area contributed by atoms with Crippen LogP contribution in [0.3, 0.4) is 0 Å². The van der Waals surface area contributed by atoms with Gasteiger partial charge >= 0.3 is 0 Å². The molecule has 2 heterocycles. The minimum Gasteiger partial charge on any atom is -0.323 e. The third kappa shape index (κ3) is 4.20. The molecule has 0 spiro atoms. The van der Waals surface area contributed by atoms with Gasteiger partial charge in [-0.2, -0.15) is 0 Å². The van der Waals surface area contributed by atoms with Crippen LogP contribution in [0.25, 0.3) is 10.7 Å². The Morgan fingerprint density at radius 1 is 1.40 bits per heavy atom. The molecule has 25 heavy (non-hydrogen) atoms. The Morgan fingerprint density at radius 2 is 2.24 bits per heavy atom. The molecule has 130 valence electrons. The number of benzene rings is 1. The van der Waals surface area contributed by atoms with E-state index in [1.165, 1.54) is 23.9 Å². The van der Waals surface area contributed by atoms with Crippen LogP contribution in [-0.2, 0) is 11.3 Å². The van der Waals surface area contributed by atoms with Crippen LogP contribution < -0.4 is 5.32 Å². The summed E-state index contributed by atoms with van der Waals surface area (Å²) in [7, 11) is 0. The number of halogens is 2. The Labute approximate surface area is 157 Å². The number of nitrogens with one attached hydrogen (secondary N) is 1. The number of rotatable bonds is 6. The third-order valence-corrected chi connectivity index (χ3v) is 5.38. The molecule has 3 rings (SSSR count). The molecular weight excluding hydrogens is 383 g/mol. The number of anilines is 1. The molecule has 0 atom stereocenters. The van der Waals surface area contributed by atoms with Crippen molar-refractivity contribution in [3.63, 3.8) is 0 Å². The summed E-state index contributed by atoms with van der Waals surface area (Å²) in [5.41, 5.74) is 0.103. The third-order valence-electron chi connectivity index (χ3n) is 3.31. The number of hydrogen-bond donors (Lipinski definition) is 1. The molecular formula is C16H14ClFN4OS2. The summed E-state index contributed by atoms with van der Waals surface area (Å²) in [6.07, 6.45) is 0. The van der Waals surface area contributed by atoms with E-state index >= 15 is 0 Å². The Hall–Kier alpha value is -1.90. The van der Waals surface area contributed by atoms with Crippen molar-refractivity contribution in [3.8, 4) is 10.7 Å². The number of carbonyl (C=O) groups is 1. The second-order valence-corrected chi connectivity index (χ2v) is 7.32. The van der Waals surface area contributed by atoms with Gasteiger partial charge in [0.15, 0.2) is 11.0 Å². The molecule has 9 heteroatoms. The second kappa shape index (κ2) is 7.99. The molecule has 0 fully saturated rings. The Balaban J connectivity index is 1.66. The molecule has 1 aromatic carbocycles. The summed E-state index contributed by atoms with van der Waals surface area (Å²) in [5.74, 6) is -0.00812. The van der Waals surface area contributed by atoms with Gasteiger partial charge in [0, 0.05) is 11.6 Å². The molecule has 0 radical (unpaired) electrons. The normalized spacial score (nSPS) is 10.8. The quantitative estimate of drug-likeness (QED) is 0.621. The summed E-state index contributed by atoms with van der Waals surface area (Å²) in [4.78, 5) is 13.1. The van der Waals surface area contributed by atoms with E-state index in [4.69, 9.17) is 11.6 Å². The van der Waals surface area contributed by atoms with E-state index in [2.05, 4.69) is 15.5 Å². The topological polar surface area (TPSA) is 59.8 Å². The first-order chi connectivity index (χ1) is 12.1. The Kier molecular flexibility index (Phi) is 5.72. The first kappa shape index (κ1) is 17.9. The maximum Gasteiger partial charge on any atom is 0.234 e. The van der Waals surface area contributed by atoms with Crippen molar-refractivity contribution in [1.82, 2.24) is 14.8 Å². The summed E-state index contributed by atoms with van der Waals surface area (Å²) in [6, 6.07) is 8.05. The number of thiophene rings is 1. The van der Waals surface area contributed by atoms with E-state index < -0.39 is 5.82 Å². The van der Waals surface area contributed by atoms with E-state index in [-0.39, 0.29) is 22.4 Å². The molecule has 0 unspecified atom stereocenters. The van der Waals surface area contributed by atoms with Gasteiger partial charge in [0.25, 0.3) is 0 Å². The highest BCUT2D eigenvalue weighted by Gasteiger charge is 2.15. The predicted molar refractivity (Wildman–Crippen MR) is 99.8 cm³/mol. The van der Waals surface area contributed by atoms with E-state index in [1.54, 1.807) is 11.3 Å². The predicted octanol–water partition coefficient (Wildman–Crippen LogP) is 4.55. The van der Waals surface area contributed by atoms with E-state index in [9.17, 15) is 9.18 Å². The van der Waals surface area contributed by atoms with Crippen molar-refractivity contribution < 1.29 is 9.18 Å². The van der Waals surface area contributed by atoms with Gasteiger partial charge in [0.05, 0.1) is 16.3 Å². The van der Waals surface area contributed by atoms with Gasteiger partial charge in [-0.15, -0.1) is 21.5 Å². The molecule has 0 saturated heterocycles. The van der Waals surface area contributed by atoms with Crippen LogP contribution in [0.4, 0.5) is 10.1 Å². The zero-order chi connectivity index (χ0) is 17.8. The van der Waals surface area contributed by atoms with Gasteiger partial charge in [0.2, 0.25) is 5.91 Å². The molecule has 5 nitrogen and oxygen atoms in total. The van der Waals surface area contributed by atoms with Gasteiger partial charge in [0.1, 0.15) is 5.82 Å². The summed E-state index contributed by atoms with van der Waals surface area (Å²) in [6.45, 7) is 2.68. The van der Waals surface area contributed by atoms with E-state index in [0.717, 1.165) is 16.8 Å². The zero-order valence-electron chi connectivity index (χ0n) is 13.2. The monoisotopic (exact) mass is 396 g/mol. The van der Waals surface area contributed by atoms with Gasteiger partial charge in [-0.3, -0.25) is 4.79 Å². The fourth-order valence-electron chi connectivity index (χ4n) is 2.18. The highest BCUT2D eigenvalue weighted by Crippen LogP contribution is 2.27. The number of hydrogen-bond acceptors (Lipinski definition) is 5. The lowest BCUT2D eigenvalue weighted by atomic mass is 10.3. The van der Waals surface area contributed by atoms with Crippen molar-refractivity contribution in [2.75, 3.05) is 11.1 Å². The van der Waals surface area contributed by atoms with Crippen LogP contribution in [-0.4, -0.2) is 26.4 Å². The molecule has 0 saturated carbocycles. The standard InChI is InChI=1S/C16H14ClFN4OS2/c1-2-22-15(13-4-3-7-24-13)20-21-16(22)25-9-14(23)19-12-6-5-10(17)8-11(12)18/h3-8H,2,9H2,1H3,(H,19,23). The van der Waals surface area contributed by atoms with Crippen LogP contribution in [0.5, 0.6) is 0 Å². The summed E-state index contributed by atoms with van der Waals surface area (Å²) in [5, 5.41) is 13.8. The smallest absolute Gasteiger partial charge is 0.234 e. The van der Waals surface area contributed by atoms with Gasteiger partial charge in [-0.05, 0) is 36.6 Å². The van der Waals surface area contributed by atoms with Gasteiger partial charge in [-0.25, -0.2) is 4.39 Å². The first-order valence-corrected chi connectivity index (χ1v) is 9.67. The molecule has 0 aliphatic heterocycles. The molecule has 0 bridgehead atoms. The van der Waals surface area contributed by atoms with E-state index in [0.29, 0.717) is 11.7 Å². The second-order valence-electron chi connectivity index (χ2n) is 4.99. The fourth-order valence-corrected chi connectivity index (χ4v) is 3.85. The zero-order valence-corrected chi connectivity index (χ0v) is 15.6. The van der Waals surface area contributed by atoms with Crippen molar-refractivity contribution >= 4 is 46.3 Å². The lowest BCUT2D eigenvalue weighted by Gasteiger charge is -2.08. The number of aromatic nitrogens is 3. The molecule has 3 aromatic rings. The maximum atomic E-state index is 13.7. The molecule has 1 amide bonds. The van der Waals surface area contributed by atoms with E-state index in [1.807, 2.05) is 29.0 Å². The minimum absolute atomic E-state index is 0.102. The highest BCUT2D eigenvalue weighted by atomic mass is 35.5. The van der Waals surface area contributed by atoms with Gasteiger partial charge in [-0.1, -0.05) is 29.4 Å². The van der Waals surface area contributed by atoms with Crippen molar-refractivity contribution in [2.24, 2.45) is 0 Å². The number of carbonyl (C=O) groups excluding carboxylic acids is 1. The maximum absolute atomic E-state index is 13.7. The highest BCUT2D eigenvalue weighted by molar-refractivity contribution is 7.99. The molecule has 0 aliphatic rings. The van der Waals surface area contributed by atoms with Gasteiger partial charge < -0.3 is 9.88 Å². The summed E-state index contributed by atoms with van der Waals surface area (Å²) < 4.78 is 15.7. The van der Waals surface area contributed by atoms with Crippen molar-refractivity contribution in [1.29, 1.82) is 0 Å². The van der Waals surface area contributed by atoms with Crippen LogP contribution in [0.2, 0.25) is 5.02 Å². The number of nitrogens with zero attached hydrogens (tertiary/aromatic N) is 3. The van der Waals surface area contributed by atoms with Crippen LogP contribution >= 0.6 is 34.7 Å². The molecule has 2 aromatic heterocycles. The lowest BCUT2D eigenvalue weighted by molar-refractivity contribution is -0.113. The lowest BCUT2D eigenvalue weighted by Crippen LogP contribution is -2.15. The van der Waals surface area contributed by atoms with Crippen LogP contribution in [0, 0.1) is 5.82 Å². The first-order valence-electron chi connectivity index (χ1n) is 7.43. The average Bonchev–Trinajstić information content (AvgIpc) is 3.24. The number of amides is 1. The molecule has 1 N–H and O–H groups in total. The van der Waals surface area contributed by atoms with Crippen LogP contribution in [0.1, 0.15) is 6.92 Å². The SMILES string of the molecule is CCn1c(SCC(=O)Nc2ccc(Cl)cc2F)nnc1-c1cccs1. The fraction of sp³-hybridized carbons (Fsp3) is 0.188. The minimum atomic E-state index is -0.567. The number of thioether (sulfide) groups is 1. The van der Waals surface area contributed by atoms with Crippen LogP contribution in [0.15, 0.2) is 40.9 Å². The molecule has 0 aliphatic carbocycles. The summed E-state index contributed by atoms with van der Waals surface area (Å²) >= 11 is 8.54. The Morgan fingerprint density at radius 3 is 2.92 bits per heavy atom. The largest absolute Gasteiger partial charge is 0.323 e.